The number of hydrogen-bond acceptors (Lipinski definition) is 9. The first-order chi connectivity index (χ1) is 18.3. The molecular weight excluding hydrogens is 525 g/mol. The zero-order chi connectivity index (χ0) is 29.4. The van der Waals surface area contributed by atoms with Gasteiger partial charge in [-0.25, -0.2) is 9.36 Å². The fourth-order valence-corrected chi connectivity index (χ4v) is 4.83. The molecule has 1 heterocycles. The number of unbranched alkanes of at least 4 members (excludes halogenated alkanes) is 8. The van der Waals surface area contributed by atoms with E-state index in [0.29, 0.717) is 51.0 Å². The van der Waals surface area contributed by atoms with E-state index in [1.165, 1.54) is 7.11 Å². The van der Waals surface area contributed by atoms with Crippen LogP contribution in [0.25, 0.3) is 0 Å². The SMILES string of the molecule is C=C1CCC(=O)N1OC(=O)CCCCCCCCCCCOP(=O)(OC)OCCC(C)(C)OCCC(C)(C)O. The van der Waals surface area contributed by atoms with Gasteiger partial charge in [0.25, 0.3) is 5.91 Å². The van der Waals surface area contributed by atoms with Crippen molar-refractivity contribution in [1.29, 1.82) is 0 Å². The van der Waals surface area contributed by atoms with E-state index in [1.54, 1.807) is 13.8 Å². The quantitative estimate of drug-likeness (QED) is 0.106. The van der Waals surface area contributed by atoms with E-state index < -0.39 is 19.0 Å². The first-order valence-electron chi connectivity index (χ1n) is 14.3. The topological polar surface area (TPSA) is 121 Å². The van der Waals surface area contributed by atoms with E-state index >= 15 is 0 Å². The molecule has 1 amide bonds. The molecule has 1 aliphatic rings. The summed E-state index contributed by atoms with van der Waals surface area (Å²) in [5, 5.41) is 10.8. The van der Waals surface area contributed by atoms with Crippen molar-refractivity contribution in [1.82, 2.24) is 5.06 Å². The Morgan fingerprint density at radius 2 is 1.46 bits per heavy atom. The van der Waals surface area contributed by atoms with Gasteiger partial charge in [-0.1, -0.05) is 51.5 Å². The summed E-state index contributed by atoms with van der Waals surface area (Å²) in [5.74, 6) is -0.588. The molecule has 1 atom stereocenters. The molecule has 1 saturated heterocycles. The Labute approximate surface area is 235 Å². The van der Waals surface area contributed by atoms with Crippen molar-refractivity contribution in [2.24, 2.45) is 0 Å². The number of allylic oxidation sites excluding steroid dienone is 1. The van der Waals surface area contributed by atoms with Gasteiger partial charge in [-0.2, -0.15) is 0 Å². The number of phosphoric acid groups is 1. The lowest BCUT2D eigenvalue weighted by Gasteiger charge is -2.27. The molecule has 11 heteroatoms. The van der Waals surface area contributed by atoms with Crippen LogP contribution in [0.15, 0.2) is 12.3 Å². The maximum atomic E-state index is 12.6. The fourth-order valence-electron chi connectivity index (χ4n) is 3.87. The molecule has 10 nitrogen and oxygen atoms in total. The van der Waals surface area contributed by atoms with Crippen molar-refractivity contribution in [3.63, 3.8) is 0 Å². The minimum atomic E-state index is -3.59. The van der Waals surface area contributed by atoms with Crippen LogP contribution in [0.5, 0.6) is 0 Å². The largest absolute Gasteiger partial charge is 0.474 e. The van der Waals surface area contributed by atoms with Gasteiger partial charge in [-0.3, -0.25) is 18.4 Å². The number of carbonyl (C=O) groups is 2. The van der Waals surface area contributed by atoms with Crippen molar-refractivity contribution in [3.8, 4) is 0 Å². The van der Waals surface area contributed by atoms with E-state index in [9.17, 15) is 19.3 Å². The summed E-state index contributed by atoms with van der Waals surface area (Å²) < 4.78 is 34.4. The third-order valence-electron chi connectivity index (χ3n) is 6.49. The lowest BCUT2D eigenvalue weighted by molar-refractivity contribution is -0.186. The highest BCUT2D eigenvalue weighted by Gasteiger charge is 2.28. The highest BCUT2D eigenvalue weighted by Crippen LogP contribution is 2.49. The Bertz CT molecular complexity index is 778. The Balaban J connectivity index is 2.01. The van der Waals surface area contributed by atoms with Crippen LogP contribution in [0.1, 0.15) is 118 Å². The molecule has 0 aliphatic carbocycles. The third-order valence-corrected chi connectivity index (χ3v) is 7.94. The number of nitrogens with zero attached hydrogens (tertiary/aromatic N) is 1. The summed E-state index contributed by atoms with van der Waals surface area (Å²) in [7, 11) is -2.27. The van der Waals surface area contributed by atoms with Gasteiger partial charge in [0.05, 0.1) is 36.7 Å². The average Bonchev–Trinajstić information content (AvgIpc) is 3.15. The zero-order valence-corrected chi connectivity index (χ0v) is 25.7. The van der Waals surface area contributed by atoms with Crippen molar-refractivity contribution in [3.05, 3.63) is 12.3 Å². The van der Waals surface area contributed by atoms with Gasteiger partial charge in [-0.05, 0) is 59.8 Å². The predicted molar refractivity (Wildman–Crippen MR) is 150 cm³/mol. The van der Waals surface area contributed by atoms with Crippen LogP contribution < -0.4 is 0 Å². The maximum Gasteiger partial charge on any atom is 0.474 e. The second kappa shape index (κ2) is 18.2. The number of amides is 1. The summed E-state index contributed by atoms with van der Waals surface area (Å²) in [5.41, 5.74) is -0.720. The maximum absolute atomic E-state index is 12.6. The Hall–Kier alpha value is -1.29. The molecule has 0 bridgehead atoms. The van der Waals surface area contributed by atoms with Crippen LogP contribution in [0.3, 0.4) is 0 Å². The molecular formula is C28H52NO9P. The molecule has 0 aromatic heterocycles. The van der Waals surface area contributed by atoms with Crippen LogP contribution in [0.2, 0.25) is 0 Å². The predicted octanol–water partition coefficient (Wildman–Crippen LogP) is 6.62. The van der Waals surface area contributed by atoms with E-state index in [4.69, 9.17) is 23.1 Å². The molecule has 39 heavy (non-hydrogen) atoms. The van der Waals surface area contributed by atoms with Crippen molar-refractivity contribution >= 4 is 19.7 Å². The van der Waals surface area contributed by atoms with Gasteiger partial charge in [0.15, 0.2) is 0 Å². The Morgan fingerprint density at radius 3 is 2.00 bits per heavy atom. The van der Waals surface area contributed by atoms with E-state index in [-0.39, 0.29) is 18.5 Å². The van der Waals surface area contributed by atoms with Crippen molar-refractivity contribution in [2.45, 2.75) is 129 Å². The molecule has 228 valence electrons. The van der Waals surface area contributed by atoms with Gasteiger partial charge in [0, 0.05) is 20.0 Å². The van der Waals surface area contributed by atoms with Crippen LogP contribution >= 0.6 is 7.82 Å². The zero-order valence-electron chi connectivity index (χ0n) is 24.8. The van der Waals surface area contributed by atoms with Crippen LogP contribution in [0, 0.1) is 0 Å². The van der Waals surface area contributed by atoms with Gasteiger partial charge in [-0.15, -0.1) is 5.06 Å². The van der Waals surface area contributed by atoms with Crippen LogP contribution in [-0.4, -0.2) is 60.2 Å². The number of phosphoric ester groups is 1. The monoisotopic (exact) mass is 577 g/mol. The summed E-state index contributed by atoms with van der Waals surface area (Å²) in [6, 6.07) is 0. The van der Waals surface area contributed by atoms with Crippen LogP contribution in [-0.2, 0) is 37.3 Å². The summed E-state index contributed by atoms with van der Waals surface area (Å²) in [4.78, 5) is 28.6. The van der Waals surface area contributed by atoms with E-state index in [1.807, 2.05) is 13.8 Å². The molecule has 1 rings (SSSR count). The number of ether oxygens (including phenoxy) is 1. The summed E-state index contributed by atoms with van der Waals surface area (Å²) in [6.45, 7) is 12.0. The average molecular weight is 578 g/mol. The lowest BCUT2D eigenvalue weighted by Crippen LogP contribution is -2.30. The smallest absolute Gasteiger partial charge is 0.390 e. The third kappa shape index (κ3) is 17.2. The molecule has 1 N–H and O–H groups in total. The van der Waals surface area contributed by atoms with Gasteiger partial charge in [0.1, 0.15) is 0 Å². The van der Waals surface area contributed by atoms with Crippen molar-refractivity contribution in [2.75, 3.05) is 26.9 Å². The first-order valence-corrected chi connectivity index (χ1v) is 15.8. The molecule has 0 radical (unpaired) electrons. The molecule has 0 aromatic carbocycles. The Morgan fingerprint density at radius 1 is 0.897 bits per heavy atom. The molecule has 0 aromatic rings. The number of aliphatic hydroxyl groups is 1. The number of hydrogen-bond donors (Lipinski definition) is 1. The van der Waals surface area contributed by atoms with Gasteiger partial charge >= 0.3 is 13.8 Å². The molecule has 1 fully saturated rings. The minimum Gasteiger partial charge on any atom is -0.390 e. The second-order valence-electron chi connectivity index (χ2n) is 11.4. The normalized spacial score (nSPS) is 16.1. The highest BCUT2D eigenvalue weighted by atomic mass is 31.2. The number of hydroxylamine groups is 2. The molecule has 1 unspecified atom stereocenters. The van der Waals surface area contributed by atoms with Crippen LogP contribution in [0.4, 0.5) is 0 Å². The lowest BCUT2D eigenvalue weighted by atomic mass is 10.0. The molecule has 0 spiro atoms. The number of carbonyl (C=O) groups excluding carboxylic acids is 2. The van der Waals surface area contributed by atoms with Gasteiger partial charge < -0.3 is 14.7 Å². The number of rotatable bonds is 23. The highest BCUT2D eigenvalue weighted by molar-refractivity contribution is 7.48. The van der Waals surface area contributed by atoms with E-state index in [2.05, 4.69) is 6.58 Å². The molecule has 0 saturated carbocycles. The standard InChI is InChI=1S/C28H52NO9P/c1-24-17-18-25(30)29(24)38-26(31)16-14-12-10-8-7-9-11-13-15-21-36-39(33,34-6)37-23-20-28(4,5)35-22-19-27(2,3)32/h32H,1,7-23H2,2-6H3. The fraction of sp³-hybridized carbons (Fsp3) is 0.857. The minimum absolute atomic E-state index is 0.176. The summed E-state index contributed by atoms with van der Waals surface area (Å²) in [6.07, 6.45) is 11.2. The second-order valence-corrected chi connectivity index (χ2v) is 13.1. The van der Waals surface area contributed by atoms with E-state index in [0.717, 1.165) is 62.9 Å². The molecule has 1 aliphatic heterocycles. The Kier molecular flexibility index (Phi) is 16.7. The van der Waals surface area contributed by atoms with Gasteiger partial charge in [0.2, 0.25) is 0 Å². The first kappa shape index (κ1) is 35.7. The van der Waals surface area contributed by atoms with Crippen molar-refractivity contribution < 1.29 is 42.4 Å². The summed E-state index contributed by atoms with van der Waals surface area (Å²) >= 11 is 0.